The van der Waals surface area contributed by atoms with Crippen molar-refractivity contribution < 1.29 is 9.53 Å². The minimum absolute atomic E-state index is 0.346. The number of rotatable bonds is 2. The molecule has 1 rings (SSSR count). The molecule has 0 aliphatic rings. The first-order valence-corrected chi connectivity index (χ1v) is 5.71. The van der Waals surface area contributed by atoms with Crippen molar-refractivity contribution in [1.82, 2.24) is 0 Å². The van der Waals surface area contributed by atoms with Gasteiger partial charge in [0.05, 0.1) is 0 Å². The quantitative estimate of drug-likeness (QED) is 0.823. The van der Waals surface area contributed by atoms with Crippen molar-refractivity contribution in [3.05, 3.63) is 23.2 Å². The van der Waals surface area contributed by atoms with Gasteiger partial charge in [-0.15, -0.1) is 0 Å². The first kappa shape index (κ1) is 11.4. The van der Waals surface area contributed by atoms with Crippen molar-refractivity contribution in [2.45, 2.75) is 6.92 Å². The van der Waals surface area contributed by atoms with Gasteiger partial charge < -0.3 is 0 Å². The second-order valence-electron chi connectivity index (χ2n) is 2.58. The molecule has 0 bridgehead atoms. The van der Waals surface area contributed by atoms with Crippen molar-refractivity contribution in [3.63, 3.8) is 0 Å². The first-order chi connectivity index (χ1) is 6.63. The fourth-order valence-electron chi connectivity index (χ4n) is 0.910. The molecule has 1 atom stereocenters. The van der Waals surface area contributed by atoms with Crippen LogP contribution in [0.1, 0.15) is 6.92 Å². The summed E-state index contributed by atoms with van der Waals surface area (Å²) in [6.07, 6.45) is -0.483. The molecule has 14 heavy (non-hydrogen) atoms. The molecule has 1 N–H and O–H groups in total. The Bertz CT molecular complexity index is 344. The monoisotopic (exact) mass is 275 g/mol. The second-order valence-corrected chi connectivity index (χ2v) is 4.39. The molecule has 0 aliphatic heterocycles. The summed E-state index contributed by atoms with van der Waals surface area (Å²) in [6.45, 7) is 2.09. The van der Waals surface area contributed by atoms with Crippen LogP contribution in [0.4, 0.5) is 10.5 Å². The molecule has 0 radical (unpaired) electrons. The molecular weight excluding hydrogens is 264 g/mol. The average Bonchev–Trinajstić information content (AvgIpc) is 2.10. The summed E-state index contributed by atoms with van der Waals surface area (Å²) >= 11 is 7.40. The summed E-state index contributed by atoms with van der Waals surface area (Å²) in [7, 11) is 0. The van der Waals surface area contributed by atoms with Gasteiger partial charge in [-0.2, -0.15) is 0 Å². The van der Waals surface area contributed by atoms with E-state index >= 15 is 0 Å². The van der Waals surface area contributed by atoms with Gasteiger partial charge in [-0.25, -0.2) is 0 Å². The van der Waals surface area contributed by atoms with Crippen molar-refractivity contribution >= 4 is 44.6 Å². The van der Waals surface area contributed by atoms with Crippen molar-refractivity contribution in [2.24, 2.45) is 0 Å². The number of benzene rings is 1. The third-order valence-corrected chi connectivity index (χ3v) is 2.57. The molecule has 1 unspecified atom stereocenters. The van der Waals surface area contributed by atoms with Gasteiger partial charge in [0, 0.05) is 0 Å². The van der Waals surface area contributed by atoms with Gasteiger partial charge in [-0.05, 0) is 0 Å². The maximum absolute atomic E-state index is 11.1. The molecule has 0 saturated carbocycles. The first-order valence-electron chi connectivity index (χ1n) is 4.12. The number of carbonyl (C=O) groups excluding carboxylic acids is 1. The molecule has 0 heterocycles. The predicted molar refractivity (Wildman–Crippen MR) is 60.3 cm³/mol. The Labute approximate surface area is 96.3 Å². The maximum atomic E-state index is 11.1. The summed E-state index contributed by atoms with van der Waals surface area (Å²) in [5, 5.41) is 3.08. The Kier molecular flexibility index (Phi) is 4.30. The number of hydrogen-bond donors (Lipinski definition) is 1. The Morgan fingerprint density at radius 2 is 2.36 bits per heavy atom. The van der Waals surface area contributed by atoms with Crippen LogP contribution in [0.2, 0.25) is 5.02 Å². The number of ether oxygens (including phenoxy) is 1. The zero-order valence-corrected chi connectivity index (χ0v) is 10.9. The molecule has 1 aromatic carbocycles. The summed E-state index contributed by atoms with van der Waals surface area (Å²) in [5.74, 6) is 0. The van der Waals surface area contributed by atoms with Gasteiger partial charge in [0.2, 0.25) is 0 Å². The molecule has 76 valence electrons. The third kappa shape index (κ3) is 3.24. The molecule has 0 spiro atoms. The molecule has 5 heteroatoms. The fraction of sp³-hybridized carbons (Fsp3) is 0.222. The van der Waals surface area contributed by atoms with E-state index in [4.69, 9.17) is 16.3 Å². The average molecular weight is 276 g/mol. The van der Waals surface area contributed by atoms with E-state index in [0.29, 0.717) is 17.3 Å². The van der Waals surface area contributed by atoms with Crippen LogP contribution in [0.15, 0.2) is 18.2 Å². The molecular formula is C9H11AsClNO2. The van der Waals surface area contributed by atoms with Gasteiger partial charge in [0.15, 0.2) is 0 Å². The molecule has 3 nitrogen and oxygen atoms in total. The third-order valence-electron chi connectivity index (χ3n) is 1.51. The van der Waals surface area contributed by atoms with E-state index in [9.17, 15) is 4.79 Å². The van der Waals surface area contributed by atoms with Crippen molar-refractivity contribution in [1.29, 1.82) is 0 Å². The van der Waals surface area contributed by atoms with E-state index in [0.717, 1.165) is 4.35 Å². The number of halogens is 1. The van der Waals surface area contributed by atoms with Gasteiger partial charge >= 0.3 is 96.2 Å². The van der Waals surface area contributed by atoms with Gasteiger partial charge in [0.1, 0.15) is 0 Å². The van der Waals surface area contributed by atoms with Crippen LogP contribution in [0.3, 0.4) is 0 Å². The summed E-state index contributed by atoms with van der Waals surface area (Å²) in [6, 6.07) is 5.47. The molecule has 1 aromatic rings. The summed E-state index contributed by atoms with van der Waals surface area (Å²) in [4.78, 5) is 11.1. The van der Waals surface area contributed by atoms with E-state index in [1.54, 1.807) is 13.0 Å². The van der Waals surface area contributed by atoms with Gasteiger partial charge in [-0.1, -0.05) is 0 Å². The van der Waals surface area contributed by atoms with E-state index in [1.165, 1.54) is 16.9 Å². The number of anilines is 1. The van der Waals surface area contributed by atoms with Crippen LogP contribution in [0.25, 0.3) is 0 Å². The van der Waals surface area contributed by atoms with E-state index in [2.05, 4.69) is 5.32 Å². The Hall–Kier alpha value is -0.662. The number of nitrogens with one attached hydrogen (secondary N) is 1. The van der Waals surface area contributed by atoms with Crippen LogP contribution in [0.5, 0.6) is 0 Å². The van der Waals surface area contributed by atoms with Crippen molar-refractivity contribution in [2.75, 3.05) is 11.9 Å². The van der Waals surface area contributed by atoms with Crippen LogP contribution in [0, 0.1) is 0 Å². The Morgan fingerprint density at radius 3 is 2.93 bits per heavy atom. The van der Waals surface area contributed by atoms with E-state index < -0.39 is 6.09 Å². The molecule has 0 saturated heterocycles. The van der Waals surface area contributed by atoms with E-state index in [1.807, 2.05) is 12.1 Å². The van der Waals surface area contributed by atoms with Crippen LogP contribution < -0.4 is 9.67 Å². The van der Waals surface area contributed by atoms with Crippen LogP contribution in [-0.4, -0.2) is 29.6 Å². The zero-order chi connectivity index (χ0) is 10.6. The second kappa shape index (κ2) is 5.28. The van der Waals surface area contributed by atoms with Gasteiger partial charge in [0.25, 0.3) is 0 Å². The van der Waals surface area contributed by atoms with Crippen LogP contribution >= 0.6 is 11.6 Å². The normalized spacial score (nSPS) is 9.64. The molecule has 0 aromatic heterocycles. The Morgan fingerprint density at radius 1 is 1.64 bits per heavy atom. The molecule has 0 fully saturated rings. The number of amides is 1. The predicted octanol–water partition coefficient (Wildman–Crippen LogP) is 1.17. The topological polar surface area (TPSA) is 38.3 Å². The summed E-state index contributed by atoms with van der Waals surface area (Å²) < 4.78 is 5.83. The molecule has 1 amide bonds. The number of hydrogen-bond acceptors (Lipinski definition) is 2. The minimum atomic E-state index is -0.483. The summed E-state index contributed by atoms with van der Waals surface area (Å²) in [5.41, 5.74) is 0.575. The fourth-order valence-corrected chi connectivity index (χ4v) is 1.92. The number of carbonyl (C=O) groups is 1. The van der Waals surface area contributed by atoms with Crippen LogP contribution in [-0.2, 0) is 4.74 Å². The van der Waals surface area contributed by atoms with Gasteiger partial charge in [-0.3, -0.25) is 0 Å². The standard InChI is InChI=1S/C9H11AsClNO2/c1-2-14-9(13)12-8-4-3-6(10)5-7(8)11/h3-5H,2,10H2,1H3,(H,12,13). The SMILES string of the molecule is CCOC(=O)Nc1ccc([AsH2])cc1Cl. The van der Waals surface area contributed by atoms with Crippen molar-refractivity contribution in [3.8, 4) is 0 Å². The van der Waals surface area contributed by atoms with E-state index in [-0.39, 0.29) is 0 Å². The zero-order valence-electron chi connectivity index (χ0n) is 7.71. The Balaban J connectivity index is 2.72. The molecule has 0 aliphatic carbocycles.